The molecule has 0 bridgehead atoms. The summed E-state index contributed by atoms with van der Waals surface area (Å²) in [5, 5.41) is 0. The molecular weight excluding hydrogens is 290 g/mol. The van der Waals surface area contributed by atoms with Crippen LogP contribution in [0.15, 0.2) is 0 Å². The summed E-state index contributed by atoms with van der Waals surface area (Å²) in [6.45, 7) is 9.24. The van der Waals surface area contributed by atoms with Crippen LogP contribution in [0.4, 0.5) is 4.79 Å². The average Bonchev–Trinajstić information content (AvgIpc) is 2.42. The molecule has 7 nitrogen and oxygen atoms in total. The predicted molar refractivity (Wildman–Crippen MR) is 78.3 cm³/mol. The number of amides is 1. The van der Waals surface area contributed by atoms with Crippen molar-refractivity contribution in [3.63, 3.8) is 0 Å². The van der Waals surface area contributed by atoms with Crippen molar-refractivity contribution >= 4 is 17.8 Å². The van der Waals surface area contributed by atoms with Crippen LogP contribution in [0.5, 0.6) is 0 Å². The number of nitrogens with zero attached hydrogens (tertiary/aromatic N) is 1. The van der Waals surface area contributed by atoms with E-state index in [1.165, 1.54) is 4.90 Å². The molecule has 0 saturated carbocycles. The summed E-state index contributed by atoms with van der Waals surface area (Å²) in [6.07, 6.45) is -0.516. The first-order valence-corrected chi connectivity index (χ1v) is 7.29. The van der Waals surface area contributed by atoms with Crippen molar-refractivity contribution in [1.82, 2.24) is 4.90 Å². The van der Waals surface area contributed by atoms with Gasteiger partial charge in [-0.25, -0.2) is 9.59 Å². The molecule has 1 heterocycles. The second-order valence-corrected chi connectivity index (χ2v) is 6.49. The van der Waals surface area contributed by atoms with Gasteiger partial charge in [-0.05, 0) is 27.7 Å². The van der Waals surface area contributed by atoms with Crippen LogP contribution in [0.3, 0.4) is 0 Å². The topological polar surface area (TPSA) is 82.1 Å². The molecule has 0 aromatic heterocycles. The predicted octanol–water partition coefficient (Wildman–Crippen LogP) is 1.39. The SMILES string of the molecule is COC(=O)C(=O)C(C)C1COCC(C)N1C(=O)OC(C)(C)C. The number of hydrogen-bond acceptors (Lipinski definition) is 6. The minimum Gasteiger partial charge on any atom is -0.463 e. The monoisotopic (exact) mass is 315 g/mol. The molecule has 3 unspecified atom stereocenters. The number of carbonyl (C=O) groups is 3. The number of Topliss-reactive ketones (excluding diaryl/α,β-unsaturated/α-hetero) is 1. The molecule has 1 fully saturated rings. The fourth-order valence-corrected chi connectivity index (χ4v) is 2.32. The third-order valence-corrected chi connectivity index (χ3v) is 3.46. The summed E-state index contributed by atoms with van der Waals surface area (Å²) < 4.78 is 15.3. The zero-order valence-electron chi connectivity index (χ0n) is 14.0. The molecule has 0 N–H and O–H groups in total. The van der Waals surface area contributed by atoms with Gasteiger partial charge in [0.05, 0.1) is 32.4 Å². The minimum absolute atomic E-state index is 0.174. The van der Waals surface area contributed by atoms with Crippen LogP contribution in [0, 0.1) is 5.92 Å². The molecule has 1 rings (SSSR count). The number of morpholine rings is 1. The van der Waals surface area contributed by atoms with Crippen molar-refractivity contribution in [3.05, 3.63) is 0 Å². The van der Waals surface area contributed by atoms with Crippen LogP contribution >= 0.6 is 0 Å². The largest absolute Gasteiger partial charge is 0.463 e. The van der Waals surface area contributed by atoms with Crippen LogP contribution in [0.2, 0.25) is 0 Å². The van der Waals surface area contributed by atoms with Crippen LogP contribution in [0.25, 0.3) is 0 Å². The number of rotatable bonds is 3. The molecule has 0 aromatic rings. The molecule has 22 heavy (non-hydrogen) atoms. The Kier molecular flexibility index (Phi) is 5.93. The Labute approximate surface area is 130 Å². The molecule has 0 aliphatic carbocycles. The van der Waals surface area contributed by atoms with E-state index in [1.54, 1.807) is 27.7 Å². The molecule has 0 radical (unpaired) electrons. The van der Waals surface area contributed by atoms with E-state index in [9.17, 15) is 14.4 Å². The molecule has 126 valence electrons. The van der Waals surface area contributed by atoms with Gasteiger partial charge in [-0.15, -0.1) is 0 Å². The van der Waals surface area contributed by atoms with Crippen molar-refractivity contribution in [3.8, 4) is 0 Å². The number of hydrogen-bond donors (Lipinski definition) is 0. The third-order valence-electron chi connectivity index (χ3n) is 3.46. The zero-order valence-corrected chi connectivity index (χ0v) is 14.0. The zero-order chi connectivity index (χ0) is 17.1. The normalized spacial score (nSPS) is 23.6. The van der Waals surface area contributed by atoms with E-state index in [-0.39, 0.29) is 12.6 Å². The highest BCUT2D eigenvalue weighted by Gasteiger charge is 2.41. The van der Waals surface area contributed by atoms with Crippen LogP contribution in [-0.2, 0) is 23.8 Å². The van der Waals surface area contributed by atoms with E-state index in [0.717, 1.165) is 7.11 Å². The molecule has 1 aliphatic heterocycles. The number of esters is 1. The third kappa shape index (κ3) is 4.43. The van der Waals surface area contributed by atoms with E-state index in [4.69, 9.17) is 9.47 Å². The summed E-state index contributed by atoms with van der Waals surface area (Å²) >= 11 is 0. The van der Waals surface area contributed by atoms with Gasteiger partial charge >= 0.3 is 12.1 Å². The Morgan fingerprint density at radius 2 is 1.82 bits per heavy atom. The van der Waals surface area contributed by atoms with Crippen LogP contribution in [-0.4, -0.2) is 60.8 Å². The molecule has 1 amide bonds. The smallest absolute Gasteiger partial charge is 0.410 e. The first kappa shape index (κ1) is 18.4. The molecule has 0 aromatic carbocycles. The van der Waals surface area contributed by atoms with E-state index in [2.05, 4.69) is 4.74 Å². The van der Waals surface area contributed by atoms with Gasteiger partial charge in [-0.2, -0.15) is 0 Å². The maximum atomic E-state index is 12.4. The van der Waals surface area contributed by atoms with Crippen molar-refractivity contribution in [2.45, 2.75) is 52.3 Å². The highest BCUT2D eigenvalue weighted by atomic mass is 16.6. The molecule has 3 atom stereocenters. The first-order chi connectivity index (χ1) is 10.1. The fourth-order valence-electron chi connectivity index (χ4n) is 2.32. The van der Waals surface area contributed by atoms with Crippen LogP contribution in [0.1, 0.15) is 34.6 Å². The number of ketones is 1. The Morgan fingerprint density at radius 3 is 2.32 bits per heavy atom. The lowest BCUT2D eigenvalue weighted by Crippen LogP contribution is -2.58. The summed E-state index contributed by atoms with van der Waals surface area (Å²) in [5.41, 5.74) is -0.644. The van der Waals surface area contributed by atoms with Gasteiger partial charge in [0.2, 0.25) is 5.78 Å². The molecule has 1 aliphatic rings. The fraction of sp³-hybridized carbons (Fsp3) is 0.800. The Hall–Kier alpha value is -1.63. The van der Waals surface area contributed by atoms with Gasteiger partial charge in [-0.3, -0.25) is 9.69 Å². The lowest BCUT2D eigenvalue weighted by molar-refractivity contribution is -0.155. The van der Waals surface area contributed by atoms with Crippen LogP contribution < -0.4 is 0 Å². The number of ether oxygens (including phenoxy) is 3. The summed E-state index contributed by atoms with van der Waals surface area (Å²) in [5.74, 6) is -2.34. The van der Waals surface area contributed by atoms with Gasteiger partial charge in [0.25, 0.3) is 0 Å². The van der Waals surface area contributed by atoms with Gasteiger partial charge in [-0.1, -0.05) is 6.92 Å². The van der Waals surface area contributed by atoms with E-state index >= 15 is 0 Å². The molecule has 1 saturated heterocycles. The summed E-state index contributed by atoms with van der Waals surface area (Å²) in [4.78, 5) is 37.4. The van der Waals surface area contributed by atoms with E-state index in [1.807, 2.05) is 6.92 Å². The lowest BCUT2D eigenvalue weighted by Gasteiger charge is -2.42. The number of carbonyl (C=O) groups excluding carboxylic acids is 3. The maximum Gasteiger partial charge on any atom is 0.410 e. The highest BCUT2D eigenvalue weighted by molar-refractivity contribution is 6.34. The van der Waals surface area contributed by atoms with Crippen molar-refractivity contribution < 1.29 is 28.6 Å². The second-order valence-electron chi connectivity index (χ2n) is 6.49. The lowest BCUT2D eigenvalue weighted by atomic mass is 9.94. The Balaban J connectivity index is 2.96. The summed E-state index contributed by atoms with van der Waals surface area (Å²) in [7, 11) is 1.15. The van der Waals surface area contributed by atoms with Gasteiger partial charge in [0.15, 0.2) is 0 Å². The molecule has 0 spiro atoms. The van der Waals surface area contributed by atoms with Gasteiger partial charge < -0.3 is 14.2 Å². The second kappa shape index (κ2) is 7.09. The van der Waals surface area contributed by atoms with Crippen molar-refractivity contribution in [1.29, 1.82) is 0 Å². The standard InChI is InChI=1S/C15H25NO6/c1-9-7-21-8-11(10(2)12(17)13(18)20-6)16(9)14(19)22-15(3,4)5/h9-11H,7-8H2,1-6H3. The first-order valence-electron chi connectivity index (χ1n) is 7.29. The highest BCUT2D eigenvalue weighted by Crippen LogP contribution is 2.24. The van der Waals surface area contributed by atoms with Crippen molar-refractivity contribution in [2.24, 2.45) is 5.92 Å². The van der Waals surface area contributed by atoms with Gasteiger partial charge in [0.1, 0.15) is 5.60 Å². The Bertz CT molecular complexity index is 442. The summed E-state index contributed by atoms with van der Waals surface area (Å²) in [6, 6.07) is -0.813. The molecule has 7 heteroatoms. The van der Waals surface area contributed by atoms with Crippen molar-refractivity contribution in [2.75, 3.05) is 20.3 Å². The van der Waals surface area contributed by atoms with Gasteiger partial charge in [0, 0.05) is 5.92 Å². The molecular formula is C15H25NO6. The minimum atomic E-state index is -0.921. The van der Waals surface area contributed by atoms with E-state index < -0.39 is 35.4 Å². The van der Waals surface area contributed by atoms with E-state index in [0.29, 0.717) is 6.61 Å². The maximum absolute atomic E-state index is 12.4. The quantitative estimate of drug-likeness (QED) is 0.578. The Morgan fingerprint density at radius 1 is 1.23 bits per heavy atom. The number of methoxy groups -OCH3 is 1. The average molecular weight is 315 g/mol.